The number of fused-ring (bicyclic) bond motifs is 1. The summed E-state index contributed by atoms with van der Waals surface area (Å²) in [6, 6.07) is 10.7. The molecule has 3 aromatic heterocycles. The van der Waals surface area contributed by atoms with Gasteiger partial charge in [0.2, 0.25) is 5.95 Å². The van der Waals surface area contributed by atoms with Gasteiger partial charge in [-0.3, -0.25) is 9.97 Å². The van der Waals surface area contributed by atoms with E-state index in [2.05, 4.69) is 31.3 Å². The van der Waals surface area contributed by atoms with E-state index >= 15 is 0 Å². The molecule has 0 aliphatic rings. The Balaban J connectivity index is 1.80. The molecule has 130 valence electrons. The topological polar surface area (TPSA) is 123 Å². The minimum absolute atomic E-state index is 0.358. The van der Waals surface area contributed by atoms with Crippen molar-refractivity contribution in [3.05, 3.63) is 66.9 Å². The van der Waals surface area contributed by atoms with Crippen LogP contribution in [0.5, 0.6) is 11.5 Å². The fraction of sp³-hybridized carbons (Fsp3) is 0. The maximum Gasteiger partial charge on any atom is 0.227 e. The molecular formula is C19H13N7O. The Morgan fingerprint density at radius 1 is 1.04 bits per heavy atom. The number of benzene rings is 1. The predicted octanol–water partition coefficient (Wildman–Crippen LogP) is 3.41. The number of nitrogens with two attached hydrogens (primary N) is 1. The Hall–Kier alpha value is -4.25. The maximum atomic E-state index is 9.44. The van der Waals surface area contributed by atoms with Gasteiger partial charge >= 0.3 is 0 Å². The molecule has 3 heterocycles. The number of anilines is 3. The first-order valence-electron chi connectivity index (χ1n) is 7.99. The summed E-state index contributed by atoms with van der Waals surface area (Å²) in [6.07, 6.45) is 7.97. The summed E-state index contributed by atoms with van der Waals surface area (Å²) in [5.74, 6) is 1.45. The number of pyridine rings is 2. The zero-order valence-corrected chi connectivity index (χ0v) is 14.0. The fourth-order valence-corrected chi connectivity index (χ4v) is 2.55. The van der Waals surface area contributed by atoms with Crippen molar-refractivity contribution >= 4 is 28.2 Å². The van der Waals surface area contributed by atoms with Crippen molar-refractivity contribution in [3.63, 3.8) is 0 Å². The molecule has 1 aromatic carbocycles. The Bertz CT molecular complexity index is 1140. The van der Waals surface area contributed by atoms with Gasteiger partial charge in [-0.05, 0) is 24.3 Å². The summed E-state index contributed by atoms with van der Waals surface area (Å²) in [7, 11) is 0. The van der Waals surface area contributed by atoms with Crippen LogP contribution in [0.2, 0.25) is 0 Å². The lowest BCUT2D eigenvalue weighted by Gasteiger charge is -2.13. The second-order valence-corrected chi connectivity index (χ2v) is 5.55. The molecule has 0 atom stereocenters. The molecule has 0 amide bonds. The van der Waals surface area contributed by atoms with E-state index in [1.165, 1.54) is 6.20 Å². The van der Waals surface area contributed by atoms with E-state index in [0.29, 0.717) is 45.3 Å². The molecule has 0 unspecified atom stereocenters. The average Bonchev–Trinajstić information content (AvgIpc) is 2.71. The van der Waals surface area contributed by atoms with Crippen LogP contribution in [0.4, 0.5) is 17.3 Å². The van der Waals surface area contributed by atoms with E-state index in [1.54, 1.807) is 55.1 Å². The van der Waals surface area contributed by atoms with Gasteiger partial charge in [-0.25, -0.2) is 9.97 Å². The minimum atomic E-state index is 0.358. The third-order valence-corrected chi connectivity index (χ3v) is 3.80. The van der Waals surface area contributed by atoms with Crippen LogP contribution in [0.25, 0.3) is 10.9 Å². The molecule has 4 rings (SSSR count). The largest absolute Gasteiger partial charge is 0.455 e. The van der Waals surface area contributed by atoms with Gasteiger partial charge in [-0.1, -0.05) is 0 Å². The molecule has 3 N–H and O–H groups in total. The van der Waals surface area contributed by atoms with E-state index < -0.39 is 0 Å². The average molecular weight is 355 g/mol. The van der Waals surface area contributed by atoms with Crippen LogP contribution in [0.3, 0.4) is 0 Å². The molecule has 8 heteroatoms. The van der Waals surface area contributed by atoms with Gasteiger partial charge in [0.25, 0.3) is 0 Å². The van der Waals surface area contributed by atoms with E-state index in [4.69, 9.17) is 10.5 Å². The molecule has 0 saturated heterocycles. The highest BCUT2D eigenvalue weighted by molar-refractivity contribution is 5.98. The minimum Gasteiger partial charge on any atom is -0.455 e. The first-order chi connectivity index (χ1) is 13.2. The van der Waals surface area contributed by atoms with Crippen molar-refractivity contribution in [1.82, 2.24) is 19.9 Å². The number of ether oxygens (including phenoxy) is 1. The number of rotatable bonds is 4. The van der Waals surface area contributed by atoms with Crippen molar-refractivity contribution in [2.75, 3.05) is 11.1 Å². The van der Waals surface area contributed by atoms with Gasteiger partial charge in [0.05, 0.1) is 22.5 Å². The second kappa shape index (κ2) is 6.93. The molecule has 27 heavy (non-hydrogen) atoms. The summed E-state index contributed by atoms with van der Waals surface area (Å²) >= 11 is 0. The monoisotopic (exact) mass is 355 g/mol. The van der Waals surface area contributed by atoms with Crippen LogP contribution in [-0.4, -0.2) is 19.9 Å². The zero-order chi connectivity index (χ0) is 18.6. The van der Waals surface area contributed by atoms with Gasteiger partial charge in [-0.2, -0.15) is 5.26 Å². The number of hydrogen-bond donors (Lipinski definition) is 2. The molecule has 0 radical (unpaired) electrons. The van der Waals surface area contributed by atoms with Crippen LogP contribution in [0, 0.1) is 11.3 Å². The predicted molar refractivity (Wildman–Crippen MR) is 100 cm³/mol. The molecule has 0 saturated carbocycles. The smallest absolute Gasteiger partial charge is 0.227 e. The van der Waals surface area contributed by atoms with Gasteiger partial charge in [-0.15, -0.1) is 0 Å². The zero-order valence-electron chi connectivity index (χ0n) is 14.0. The van der Waals surface area contributed by atoms with E-state index in [-0.39, 0.29) is 0 Å². The highest BCUT2D eigenvalue weighted by Crippen LogP contribution is 2.35. The third-order valence-electron chi connectivity index (χ3n) is 3.80. The van der Waals surface area contributed by atoms with Crippen molar-refractivity contribution < 1.29 is 4.74 Å². The van der Waals surface area contributed by atoms with Crippen LogP contribution < -0.4 is 15.8 Å². The molecule has 4 aromatic rings. The van der Waals surface area contributed by atoms with Crippen molar-refractivity contribution in [1.29, 1.82) is 5.26 Å². The van der Waals surface area contributed by atoms with Crippen LogP contribution >= 0.6 is 0 Å². The lowest BCUT2D eigenvalue weighted by atomic mass is 10.1. The van der Waals surface area contributed by atoms with Crippen molar-refractivity contribution in [2.24, 2.45) is 0 Å². The van der Waals surface area contributed by atoms with E-state index in [0.717, 1.165) is 0 Å². The number of nitriles is 1. The fourth-order valence-electron chi connectivity index (χ4n) is 2.55. The number of nitrogens with one attached hydrogen (secondary N) is 1. The number of nitrogen functional groups attached to an aromatic ring is 1. The lowest BCUT2D eigenvalue weighted by molar-refractivity contribution is 0.485. The molecular weight excluding hydrogens is 342 g/mol. The Morgan fingerprint density at radius 3 is 2.56 bits per heavy atom. The normalized spacial score (nSPS) is 10.3. The molecule has 0 aliphatic carbocycles. The first-order valence-corrected chi connectivity index (χ1v) is 7.99. The first kappa shape index (κ1) is 16.2. The van der Waals surface area contributed by atoms with E-state index in [1.807, 2.05) is 0 Å². The van der Waals surface area contributed by atoms with Gasteiger partial charge < -0.3 is 15.8 Å². The summed E-state index contributed by atoms with van der Waals surface area (Å²) in [5.41, 5.74) is 8.10. The van der Waals surface area contributed by atoms with Crippen LogP contribution in [0.1, 0.15) is 5.56 Å². The highest BCUT2D eigenvalue weighted by Gasteiger charge is 2.14. The molecule has 0 spiro atoms. The van der Waals surface area contributed by atoms with Crippen molar-refractivity contribution in [2.45, 2.75) is 0 Å². The van der Waals surface area contributed by atoms with Gasteiger partial charge in [0, 0.05) is 42.4 Å². The molecule has 0 fully saturated rings. The third kappa shape index (κ3) is 3.29. The number of aromatic nitrogens is 4. The molecule has 8 nitrogen and oxygen atoms in total. The second-order valence-electron chi connectivity index (χ2n) is 5.55. The number of hydrogen-bond acceptors (Lipinski definition) is 8. The summed E-state index contributed by atoms with van der Waals surface area (Å²) in [4.78, 5) is 16.6. The van der Waals surface area contributed by atoms with Gasteiger partial charge in [0.15, 0.2) is 5.75 Å². The Labute approximate surface area is 154 Å². The Kier molecular flexibility index (Phi) is 4.17. The maximum absolute atomic E-state index is 9.44. The van der Waals surface area contributed by atoms with Gasteiger partial charge in [0.1, 0.15) is 11.8 Å². The molecule has 0 aliphatic heterocycles. The SMILES string of the molecule is N#Cc1cnc2cc(Oc3ccncc3)c(N)cc2c1Nc1ncccn1. The van der Waals surface area contributed by atoms with Crippen LogP contribution in [0.15, 0.2) is 61.3 Å². The van der Waals surface area contributed by atoms with Crippen LogP contribution in [-0.2, 0) is 0 Å². The Morgan fingerprint density at radius 2 is 1.81 bits per heavy atom. The molecule has 0 bridgehead atoms. The number of nitrogens with zero attached hydrogens (tertiary/aromatic N) is 5. The summed E-state index contributed by atoms with van der Waals surface area (Å²) in [5, 5.41) is 13.2. The summed E-state index contributed by atoms with van der Waals surface area (Å²) < 4.78 is 5.82. The van der Waals surface area contributed by atoms with Crippen molar-refractivity contribution in [3.8, 4) is 17.6 Å². The quantitative estimate of drug-likeness (QED) is 0.534. The standard InChI is InChI=1S/C19H13N7O/c20-10-12-11-25-16-9-17(27-13-2-6-22-7-3-13)15(21)8-14(16)18(12)26-19-23-4-1-5-24-19/h1-9,11H,21H2,(H,23,24,25,26). The highest BCUT2D eigenvalue weighted by atomic mass is 16.5. The lowest BCUT2D eigenvalue weighted by Crippen LogP contribution is -2.01. The summed E-state index contributed by atoms with van der Waals surface area (Å²) in [6.45, 7) is 0. The van der Waals surface area contributed by atoms with E-state index in [9.17, 15) is 5.26 Å².